The lowest BCUT2D eigenvalue weighted by molar-refractivity contribution is -0.139. The Balaban J connectivity index is 1.97. The summed E-state index contributed by atoms with van der Waals surface area (Å²) < 4.78 is 11.8. The molecule has 0 aromatic heterocycles. The first kappa shape index (κ1) is 24.1. The number of carboxylic acid groups (broad SMARTS) is 1. The standard InChI is InChI=1S/C23H23IN2O5S/c1-4-30-18-11-15(10-17(24)21(18)31-13-20(27)28)12-19-22(29)26(14(2)3)23(32-19)25-16-8-6-5-7-9-16/h5-12,14H,4,13H2,1-3H3,(H,27,28)/b19-12+,25-23?. The number of benzene rings is 2. The number of ether oxygens (including phenoxy) is 2. The van der Waals surface area contributed by atoms with E-state index in [9.17, 15) is 9.59 Å². The summed E-state index contributed by atoms with van der Waals surface area (Å²) >= 11 is 3.39. The van der Waals surface area contributed by atoms with Crippen molar-refractivity contribution < 1.29 is 24.2 Å². The molecular formula is C23H23IN2O5S. The van der Waals surface area contributed by atoms with Crippen molar-refractivity contribution >= 4 is 63.2 Å². The van der Waals surface area contributed by atoms with E-state index in [0.717, 1.165) is 11.3 Å². The maximum atomic E-state index is 13.1. The summed E-state index contributed by atoms with van der Waals surface area (Å²) in [5, 5.41) is 9.55. The Morgan fingerprint density at radius 2 is 1.97 bits per heavy atom. The predicted molar refractivity (Wildman–Crippen MR) is 135 cm³/mol. The number of halogens is 1. The zero-order chi connectivity index (χ0) is 23.3. The van der Waals surface area contributed by atoms with Crippen molar-refractivity contribution in [1.82, 2.24) is 4.90 Å². The molecule has 1 N–H and O–H groups in total. The van der Waals surface area contributed by atoms with Gasteiger partial charge in [0.15, 0.2) is 23.3 Å². The van der Waals surface area contributed by atoms with Crippen LogP contribution in [0.15, 0.2) is 52.4 Å². The number of hydrogen-bond acceptors (Lipinski definition) is 6. The van der Waals surface area contributed by atoms with Crippen LogP contribution in [0.25, 0.3) is 6.08 Å². The Morgan fingerprint density at radius 1 is 1.25 bits per heavy atom. The van der Waals surface area contributed by atoms with Gasteiger partial charge < -0.3 is 14.6 Å². The minimum atomic E-state index is -1.07. The minimum Gasteiger partial charge on any atom is -0.490 e. The summed E-state index contributed by atoms with van der Waals surface area (Å²) in [5.74, 6) is -0.375. The molecule has 168 valence electrons. The largest absolute Gasteiger partial charge is 0.490 e. The molecule has 1 aliphatic rings. The van der Waals surface area contributed by atoms with Crippen LogP contribution in [0, 0.1) is 3.57 Å². The molecule has 1 amide bonds. The fraction of sp³-hybridized carbons (Fsp3) is 0.261. The minimum absolute atomic E-state index is 0.0470. The Hall–Kier alpha value is -2.53. The van der Waals surface area contributed by atoms with Crippen molar-refractivity contribution in [1.29, 1.82) is 0 Å². The number of aliphatic imine (C=N–C) groups is 1. The van der Waals surface area contributed by atoms with Gasteiger partial charge in [-0.2, -0.15) is 0 Å². The van der Waals surface area contributed by atoms with Crippen molar-refractivity contribution in [3.05, 3.63) is 56.5 Å². The number of thioether (sulfide) groups is 1. The monoisotopic (exact) mass is 566 g/mol. The molecule has 0 atom stereocenters. The number of amidine groups is 1. The van der Waals surface area contributed by atoms with Crippen LogP contribution in [-0.4, -0.2) is 46.3 Å². The Labute approximate surface area is 204 Å². The van der Waals surface area contributed by atoms with E-state index in [-0.39, 0.29) is 11.9 Å². The van der Waals surface area contributed by atoms with E-state index < -0.39 is 12.6 Å². The predicted octanol–water partition coefficient (Wildman–Crippen LogP) is 5.17. The molecule has 0 aliphatic carbocycles. The topological polar surface area (TPSA) is 88.4 Å². The summed E-state index contributed by atoms with van der Waals surface area (Å²) in [4.78, 5) is 30.9. The number of carbonyl (C=O) groups is 2. The summed E-state index contributed by atoms with van der Waals surface area (Å²) in [6.45, 7) is 5.66. The highest BCUT2D eigenvalue weighted by Crippen LogP contribution is 2.38. The first-order chi connectivity index (χ1) is 15.3. The average molecular weight is 566 g/mol. The van der Waals surface area contributed by atoms with Crippen molar-refractivity contribution in [2.24, 2.45) is 4.99 Å². The number of para-hydroxylation sites is 1. The fourth-order valence-electron chi connectivity index (χ4n) is 2.99. The van der Waals surface area contributed by atoms with Gasteiger partial charge in [-0.3, -0.25) is 9.69 Å². The molecule has 1 fully saturated rings. The number of carboxylic acids is 1. The molecule has 1 saturated heterocycles. The molecule has 1 aliphatic heterocycles. The lowest BCUT2D eigenvalue weighted by Gasteiger charge is -2.19. The van der Waals surface area contributed by atoms with Crippen LogP contribution in [0.3, 0.4) is 0 Å². The second kappa shape index (κ2) is 10.9. The molecule has 0 unspecified atom stereocenters. The molecule has 0 saturated carbocycles. The van der Waals surface area contributed by atoms with Gasteiger partial charge in [0.05, 0.1) is 20.8 Å². The van der Waals surface area contributed by atoms with Gasteiger partial charge in [-0.15, -0.1) is 0 Å². The summed E-state index contributed by atoms with van der Waals surface area (Å²) in [5.41, 5.74) is 1.53. The van der Waals surface area contributed by atoms with Crippen molar-refractivity contribution in [3.8, 4) is 11.5 Å². The number of carbonyl (C=O) groups excluding carboxylic acids is 1. The highest BCUT2D eigenvalue weighted by molar-refractivity contribution is 14.1. The molecule has 0 spiro atoms. The van der Waals surface area contributed by atoms with Gasteiger partial charge in [-0.25, -0.2) is 9.79 Å². The molecule has 2 aromatic rings. The summed E-state index contributed by atoms with van der Waals surface area (Å²) in [6.07, 6.45) is 1.79. The normalized spacial score (nSPS) is 16.3. The SMILES string of the molecule is CCOc1cc(/C=C2/SC(=Nc3ccccc3)N(C(C)C)C2=O)cc(I)c1OCC(=O)O. The van der Waals surface area contributed by atoms with E-state index in [0.29, 0.717) is 31.7 Å². The van der Waals surface area contributed by atoms with E-state index in [4.69, 9.17) is 14.6 Å². The van der Waals surface area contributed by atoms with Gasteiger partial charge >= 0.3 is 5.97 Å². The first-order valence-electron chi connectivity index (χ1n) is 9.98. The van der Waals surface area contributed by atoms with Crippen molar-refractivity contribution in [2.45, 2.75) is 26.8 Å². The van der Waals surface area contributed by atoms with Crippen LogP contribution in [0.4, 0.5) is 5.69 Å². The van der Waals surface area contributed by atoms with E-state index in [1.807, 2.05) is 57.2 Å². The second-order valence-electron chi connectivity index (χ2n) is 7.05. The second-order valence-corrected chi connectivity index (χ2v) is 9.23. The third-order valence-electron chi connectivity index (χ3n) is 4.30. The van der Waals surface area contributed by atoms with Crippen LogP contribution >= 0.6 is 34.4 Å². The van der Waals surface area contributed by atoms with E-state index in [1.54, 1.807) is 17.0 Å². The molecule has 0 bridgehead atoms. The maximum Gasteiger partial charge on any atom is 0.341 e. The molecule has 9 heteroatoms. The quantitative estimate of drug-likeness (QED) is 0.351. The van der Waals surface area contributed by atoms with Crippen LogP contribution < -0.4 is 9.47 Å². The zero-order valence-corrected chi connectivity index (χ0v) is 20.8. The maximum absolute atomic E-state index is 13.1. The van der Waals surface area contributed by atoms with Gasteiger partial charge in [0.25, 0.3) is 5.91 Å². The van der Waals surface area contributed by atoms with E-state index in [2.05, 4.69) is 27.6 Å². The molecule has 2 aromatic carbocycles. The molecule has 1 heterocycles. The van der Waals surface area contributed by atoms with E-state index in [1.165, 1.54) is 11.8 Å². The number of aliphatic carboxylic acids is 1. The van der Waals surface area contributed by atoms with Crippen LogP contribution in [-0.2, 0) is 9.59 Å². The van der Waals surface area contributed by atoms with E-state index >= 15 is 0 Å². The molecule has 3 rings (SSSR count). The number of nitrogens with zero attached hydrogens (tertiary/aromatic N) is 2. The van der Waals surface area contributed by atoms with Crippen molar-refractivity contribution in [2.75, 3.05) is 13.2 Å². The van der Waals surface area contributed by atoms with Crippen molar-refractivity contribution in [3.63, 3.8) is 0 Å². The molecule has 7 nitrogen and oxygen atoms in total. The Bertz CT molecular complexity index is 1070. The average Bonchev–Trinajstić information content (AvgIpc) is 3.03. The lowest BCUT2D eigenvalue weighted by atomic mass is 10.1. The van der Waals surface area contributed by atoms with Gasteiger partial charge in [-0.05, 0) is 91.0 Å². The number of hydrogen-bond donors (Lipinski definition) is 1. The molecule has 32 heavy (non-hydrogen) atoms. The summed E-state index contributed by atoms with van der Waals surface area (Å²) in [6, 6.07) is 13.0. The van der Waals surface area contributed by atoms with Crippen LogP contribution in [0.2, 0.25) is 0 Å². The Kier molecular flexibility index (Phi) is 8.19. The number of rotatable bonds is 8. The lowest BCUT2D eigenvalue weighted by Crippen LogP contribution is -2.35. The van der Waals surface area contributed by atoms with Gasteiger partial charge in [0, 0.05) is 6.04 Å². The molecular weight excluding hydrogens is 543 g/mol. The third-order valence-corrected chi connectivity index (χ3v) is 6.09. The summed E-state index contributed by atoms with van der Waals surface area (Å²) in [7, 11) is 0. The van der Waals surface area contributed by atoms with Crippen LogP contribution in [0.1, 0.15) is 26.3 Å². The smallest absolute Gasteiger partial charge is 0.341 e. The third kappa shape index (κ3) is 5.83. The van der Waals surface area contributed by atoms with Gasteiger partial charge in [-0.1, -0.05) is 18.2 Å². The number of amides is 1. The highest BCUT2D eigenvalue weighted by atomic mass is 127. The molecule has 0 radical (unpaired) electrons. The zero-order valence-electron chi connectivity index (χ0n) is 17.9. The van der Waals surface area contributed by atoms with Crippen LogP contribution in [0.5, 0.6) is 11.5 Å². The fourth-order valence-corrected chi connectivity index (χ4v) is 4.89. The van der Waals surface area contributed by atoms with Gasteiger partial charge in [0.1, 0.15) is 0 Å². The Morgan fingerprint density at radius 3 is 2.59 bits per heavy atom. The first-order valence-corrected chi connectivity index (χ1v) is 11.9. The van der Waals surface area contributed by atoms with Gasteiger partial charge in [0.2, 0.25) is 0 Å². The highest BCUT2D eigenvalue weighted by Gasteiger charge is 2.35.